The third-order valence-corrected chi connectivity index (χ3v) is 4.92. The maximum Gasteiger partial charge on any atom is 0.254 e. The molecule has 4 rings (SSSR count). The summed E-state index contributed by atoms with van der Waals surface area (Å²) in [6, 6.07) is 15.0. The number of rotatable bonds is 3. The maximum atomic E-state index is 13.0. The van der Waals surface area contributed by atoms with E-state index >= 15 is 0 Å². The number of hydrogen-bond acceptors (Lipinski definition) is 3. The minimum atomic E-state index is -0.221. The summed E-state index contributed by atoms with van der Waals surface area (Å²) in [6.45, 7) is 0.418. The van der Waals surface area contributed by atoms with Gasteiger partial charge in [-0.3, -0.25) is 4.79 Å². The lowest BCUT2D eigenvalue weighted by molar-refractivity contribution is 0.0541. The van der Waals surface area contributed by atoms with E-state index in [2.05, 4.69) is 11.1 Å². The van der Waals surface area contributed by atoms with Crippen molar-refractivity contribution in [3.05, 3.63) is 65.4 Å². The number of nitrogens with zero attached hydrogens (tertiary/aromatic N) is 1. The second-order valence-corrected chi connectivity index (χ2v) is 6.33. The van der Waals surface area contributed by atoms with Crippen molar-refractivity contribution in [2.45, 2.75) is 19.0 Å². The molecule has 1 unspecified atom stereocenters. The molecule has 128 valence electrons. The summed E-state index contributed by atoms with van der Waals surface area (Å²) in [5.74, 6) is 0.637. The molecule has 1 aliphatic heterocycles. The van der Waals surface area contributed by atoms with E-state index in [9.17, 15) is 9.90 Å². The van der Waals surface area contributed by atoms with Crippen LogP contribution in [0.3, 0.4) is 0 Å². The number of ether oxygens (including phenoxy) is 1. The van der Waals surface area contributed by atoms with Crippen molar-refractivity contribution in [1.29, 1.82) is 0 Å². The van der Waals surface area contributed by atoms with Crippen LogP contribution < -0.4 is 4.74 Å². The number of benzene rings is 2. The zero-order valence-corrected chi connectivity index (χ0v) is 14.0. The molecule has 1 aromatic heterocycles. The highest BCUT2D eigenvalue weighted by Gasteiger charge is 2.32. The SMILES string of the molecule is COc1ccc(C(=O)N2Cc3[nH]c4ccccc4c3CC2CO)cc1. The molecule has 0 bridgehead atoms. The van der Waals surface area contributed by atoms with E-state index in [0.717, 1.165) is 11.2 Å². The smallest absolute Gasteiger partial charge is 0.254 e. The van der Waals surface area contributed by atoms with E-state index in [1.54, 1.807) is 36.3 Å². The van der Waals surface area contributed by atoms with Gasteiger partial charge in [-0.05, 0) is 42.3 Å². The number of aliphatic hydroxyl groups excluding tert-OH is 1. The molecule has 0 spiro atoms. The highest BCUT2D eigenvalue weighted by atomic mass is 16.5. The maximum absolute atomic E-state index is 13.0. The van der Waals surface area contributed by atoms with Crippen LogP contribution in [-0.4, -0.2) is 40.7 Å². The second kappa shape index (κ2) is 6.26. The van der Waals surface area contributed by atoms with Gasteiger partial charge < -0.3 is 19.7 Å². The average Bonchev–Trinajstić information content (AvgIpc) is 3.04. The Morgan fingerprint density at radius 2 is 2.00 bits per heavy atom. The second-order valence-electron chi connectivity index (χ2n) is 6.33. The molecule has 0 saturated carbocycles. The minimum absolute atomic E-state index is 0.0547. The number of para-hydroxylation sites is 1. The monoisotopic (exact) mass is 336 g/mol. The zero-order chi connectivity index (χ0) is 17.4. The number of aromatic amines is 1. The topological polar surface area (TPSA) is 65.6 Å². The summed E-state index contributed by atoms with van der Waals surface area (Å²) < 4.78 is 5.15. The molecule has 1 atom stereocenters. The standard InChI is InChI=1S/C20H20N2O3/c1-25-15-8-6-13(7-9-15)20(24)22-11-19-17(10-14(22)12-23)16-4-2-3-5-18(16)21-19/h2-9,14,21,23H,10-12H2,1H3. The minimum Gasteiger partial charge on any atom is -0.497 e. The van der Waals surface area contributed by atoms with Crippen LogP contribution in [0.4, 0.5) is 0 Å². The van der Waals surface area contributed by atoms with Crippen molar-refractivity contribution in [3.8, 4) is 5.75 Å². The number of methoxy groups -OCH3 is 1. The van der Waals surface area contributed by atoms with Crippen molar-refractivity contribution >= 4 is 16.8 Å². The lowest BCUT2D eigenvalue weighted by Crippen LogP contribution is -2.46. The molecule has 0 aliphatic carbocycles. The Morgan fingerprint density at radius 1 is 1.24 bits per heavy atom. The third-order valence-electron chi connectivity index (χ3n) is 4.92. The van der Waals surface area contributed by atoms with Gasteiger partial charge in [0.05, 0.1) is 26.3 Å². The van der Waals surface area contributed by atoms with Crippen molar-refractivity contribution in [1.82, 2.24) is 9.88 Å². The number of fused-ring (bicyclic) bond motifs is 3. The first-order valence-electron chi connectivity index (χ1n) is 8.35. The Hall–Kier alpha value is -2.79. The van der Waals surface area contributed by atoms with Gasteiger partial charge in [0.2, 0.25) is 0 Å². The number of carbonyl (C=O) groups is 1. The Bertz CT molecular complexity index is 914. The average molecular weight is 336 g/mol. The van der Waals surface area contributed by atoms with Gasteiger partial charge >= 0.3 is 0 Å². The third kappa shape index (κ3) is 2.66. The molecule has 0 saturated heterocycles. The molecule has 2 aromatic carbocycles. The predicted molar refractivity (Wildman–Crippen MR) is 95.7 cm³/mol. The summed E-state index contributed by atoms with van der Waals surface area (Å²) >= 11 is 0. The largest absolute Gasteiger partial charge is 0.497 e. The van der Waals surface area contributed by atoms with Crippen LogP contribution >= 0.6 is 0 Å². The van der Waals surface area contributed by atoms with Gasteiger partial charge in [0.1, 0.15) is 5.75 Å². The van der Waals surface area contributed by atoms with Gasteiger partial charge in [0, 0.05) is 22.2 Å². The molecule has 3 aromatic rings. The van der Waals surface area contributed by atoms with Crippen LogP contribution in [0, 0.1) is 0 Å². The lowest BCUT2D eigenvalue weighted by Gasteiger charge is -2.34. The van der Waals surface area contributed by atoms with Crippen LogP contribution in [0.5, 0.6) is 5.75 Å². The van der Waals surface area contributed by atoms with Crippen molar-refractivity contribution in [2.24, 2.45) is 0 Å². The molecule has 1 aliphatic rings. The fraction of sp³-hybridized carbons (Fsp3) is 0.250. The number of aliphatic hydroxyl groups is 1. The van der Waals surface area contributed by atoms with E-state index in [4.69, 9.17) is 4.74 Å². The van der Waals surface area contributed by atoms with E-state index in [0.29, 0.717) is 24.3 Å². The number of H-pyrrole nitrogens is 1. The summed E-state index contributed by atoms with van der Waals surface area (Å²) in [5.41, 5.74) is 3.92. The van der Waals surface area contributed by atoms with Gasteiger partial charge in [-0.2, -0.15) is 0 Å². The quantitative estimate of drug-likeness (QED) is 0.773. The highest BCUT2D eigenvalue weighted by molar-refractivity contribution is 5.95. The normalized spacial score (nSPS) is 16.7. The lowest BCUT2D eigenvalue weighted by atomic mass is 9.96. The summed E-state index contributed by atoms with van der Waals surface area (Å²) in [6.07, 6.45) is 0.651. The first kappa shape index (κ1) is 15.7. The van der Waals surface area contributed by atoms with Gasteiger partial charge in [-0.15, -0.1) is 0 Å². The van der Waals surface area contributed by atoms with Crippen LogP contribution in [-0.2, 0) is 13.0 Å². The Kier molecular flexibility index (Phi) is 3.93. The van der Waals surface area contributed by atoms with Gasteiger partial charge in [0.25, 0.3) is 5.91 Å². The Balaban J connectivity index is 1.68. The number of amides is 1. The summed E-state index contributed by atoms with van der Waals surface area (Å²) in [5, 5.41) is 11.0. The number of aromatic nitrogens is 1. The van der Waals surface area contributed by atoms with Crippen molar-refractivity contribution in [3.63, 3.8) is 0 Å². The molecular formula is C20H20N2O3. The molecular weight excluding hydrogens is 316 g/mol. The number of carbonyl (C=O) groups excluding carboxylic acids is 1. The van der Waals surface area contributed by atoms with Crippen molar-refractivity contribution < 1.29 is 14.6 Å². The molecule has 0 radical (unpaired) electrons. The molecule has 0 fully saturated rings. The van der Waals surface area contributed by atoms with Gasteiger partial charge in [0.15, 0.2) is 0 Å². The predicted octanol–water partition coefficient (Wildman–Crippen LogP) is 2.74. The van der Waals surface area contributed by atoms with E-state index < -0.39 is 0 Å². The van der Waals surface area contributed by atoms with Gasteiger partial charge in [-0.1, -0.05) is 18.2 Å². The summed E-state index contributed by atoms with van der Waals surface area (Å²) in [7, 11) is 1.60. The molecule has 25 heavy (non-hydrogen) atoms. The first-order chi connectivity index (χ1) is 12.2. The fourth-order valence-corrected chi connectivity index (χ4v) is 3.57. The molecule has 2 N–H and O–H groups in total. The Morgan fingerprint density at radius 3 is 2.72 bits per heavy atom. The molecule has 1 amide bonds. The van der Waals surface area contributed by atoms with Crippen LogP contribution in [0.15, 0.2) is 48.5 Å². The number of hydrogen-bond donors (Lipinski definition) is 2. The fourth-order valence-electron chi connectivity index (χ4n) is 3.57. The summed E-state index contributed by atoms with van der Waals surface area (Å²) in [4.78, 5) is 18.1. The highest BCUT2D eigenvalue weighted by Crippen LogP contribution is 2.31. The van der Waals surface area contributed by atoms with E-state index in [-0.39, 0.29) is 18.6 Å². The van der Waals surface area contributed by atoms with Crippen molar-refractivity contribution in [2.75, 3.05) is 13.7 Å². The van der Waals surface area contributed by atoms with E-state index in [1.807, 2.05) is 18.2 Å². The van der Waals surface area contributed by atoms with E-state index in [1.165, 1.54) is 10.9 Å². The van der Waals surface area contributed by atoms with Crippen LogP contribution in [0.2, 0.25) is 0 Å². The van der Waals surface area contributed by atoms with Crippen LogP contribution in [0.25, 0.3) is 10.9 Å². The first-order valence-corrected chi connectivity index (χ1v) is 8.35. The zero-order valence-electron chi connectivity index (χ0n) is 14.0. The van der Waals surface area contributed by atoms with Gasteiger partial charge in [-0.25, -0.2) is 0 Å². The molecule has 5 heteroatoms. The van der Waals surface area contributed by atoms with Crippen LogP contribution in [0.1, 0.15) is 21.6 Å². The number of nitrogens with one attached hydrogen (secondary N) is 1. The molecule has 2 heterocycles. The molecule has 5 nitrogen and oxygen atoms in total. The Labute approximate surface area is 145 Å².